The Labute approximate surface area is 192 Å². The molecule has 0 atom stereocenters. The summed E-state index contributed by atoms with van der Waals surface area (Å²) >= 11 is 0. The number of carbonyl (C=O) groups is 4. The lowest BCUT2D eigenvalue weighted by atomic mass is 10.1. The van der Waals surface area contributed by atoms with Gasteiger partial charge in [-0.05, 0) is 38.5 Å². The zero-order chi connectivity index (χ0) is 23.2. The number of carbonyl (C=O) groups excluding carboxylic acids is 4. The van der Waals surface area contributed by atoms with Crippen molar-refractivity contribution in [2.45, 2.75) is 77.0 Å². The molecule has 0 aliphatic heterocycles. The minimum Gasteiger partial charge on any atom is -0.426 e. The molecule has 33 heavy (non-hydrogen) atoms. The van der Waals surface area contributed by atoms with E-state index in [1.807, 2.05) is 0 Å². The molecule has 0 bridgehead atoms. The van der Waals surface area contributed by atoms with E-state index in [9.17, 15) is 19.2 Å². The Kier molecular flexibility index (Phi) is 7.62. The van der Waals surface area contributed by atoms with Crippen LogP contribution in [0.25, 0.3) is 0 Å². The molecule has 3 aliphatic rings. The van der Waals surface area contributed by atoms with Gasteiger partial charge in [-0.2, -0.15) is 0 Å². The molecule has 8 heteroatoms. The third kappa shape index (κ3) is 5.72. The van der Waals surface area contributed by atoms with Crippen molar-refractivity contribution in [1.29, 1.82) is 0 Å². The Hall–Kier alpha value is -2.90. The quantitative estimate of drug-likeness (QED) is 0.318. The average Bonchev–Trinajstić information content (AvgIpc) is 3.59. The fraction of sp³-hybridized carbons (Fsp3) is 0.600. The highest BCUT2D eigenvalue weighted by Gasteiger charge is 2.31. The van der Waals surface area contributed by atoms with Gasteiger partial charge in [-0.3, -0.25) is 19.2 Å². The van der Waals surface area contributed by atoms with Crippen LogP contribution in [0.15, 0.2) is 12.1 Å². The number of rotatable bonds is 8. The lowest BCUT2D eigenvalue weighted by Gasteiger charge is -2.18. The third-order valence-electron chi connectivity index (χ3n) is 6.87. The molecule has 3 fully saturated rings. The fourth-order valence-corrected chi connectivity index (χ4v) is 4.99. The zero-order valence-electron chi connectivity index (χ0n) is 18.7. The molecule has 0 radical (unpaired) electrons. The van der Waals surface area contributed by atoms with E-state index in [1.54, 1.807) is 0 Å². The molecule has 0 saturated heterocycles. The maximum absolute atomic E-state index is 12.7. The molecular formula is C25H30O8. The molecule has 178 valence electrons. The van der Waals surface area contributed by atoms with Gasteiger partial charge >= 0.3 is 17.9 Å². The second-order valence-corrected chi connectivity index (χ2v) is 9.17. The minimum atomic E-state index is -0.461. The van der Waals surface area contributed by atoms with E-state index < -0.39 is 11.9 Å². The van der Waals surface area contributed by atoms with Crippen LogP contribution in [-0.2, 0) is 19.2 Å². The number of esters is 3. The summed E-state index contributed by atoms with van der Waals surface area (Å²) in [5, 5.41) is 0. The number of hydrogen-bond acceptors (Lipinski definition) is 8. The molecule has 0 amide bonds. The summed E-state index contributed by atoms with van der Waals surface area (Å²) in [6.45, 7) is 0.188. The van der Waals surface area contributed by atoms with Gasteiger partial charge in [0, 0.05) is 12.1 Å². The Morgan fingerprint density at radius 1 is 0.636 bits per heavy atom. The van der Waals surface area contributed by atoms with Gasteiger partial charge in [0.15, 0.2) is 11.5 Å². The van der Waals surface area contributed by atoms with Crippen molar-refractivity contribution in [2.24, 2.45) is 17.8 Å². The van der Waals surface area contributed by atoms with Crippen LogP contribution < -0.4 is 18.9 Å². The third-order valence-corrected chi connectivity index (χ3v) is 6.87. The van der Waals surface area contributed by atoms with Gasteiger partial charge in [-0.15, -0.1) is 0 Å². The van der Waals surface area contributed by atoms with Gasteiger partial charge in [0.05, 0.1) is 17.8 Å². The van der Waals surface area contributed by atoms with Crippen molar-refractivity contribution in [3.8, 4) is 23.0 Å². The fourth-order valence-electron chi connectivity index (χ4n) is 4.99. The monoisotopic (exact) mass is 458 g/mol. The van der Waals surface area contributed by atoms with E-state index >= 15 is 0 Å². The average molecular weight is 459 g/mol. The van der Waals surface area contributed by atoms with Crippen LogP contribution in [0.5, 0.6) is 23.0 Å². The van der Waals surface area contributed by atoms with Crippen molar-refractivity contribution >= 4 is 24.4 Å². The summed E-state index contributed by atoms with van der Waals surface area (Å²) in [5.41, 5.74) is 0. The van der Waals surface area contributed by atoms with Crippen molar-refractivity contribution in [1.82, 2.24) is 0 Å². The van der Waals surface area contributed by atoms with Crippen LogP contribution in [0.4, 0.5) is 0 Å². The first-order valence-electron chi connectivity index (χ1n) is 12.0. The molecule has 1 aromatic rings. The van der Waals surface area contributed by atoms with Crippen LogP contribution in [0.2, 0.25) is 0 Å². The second-order valence-electron chi connectivity index (χ2n) is 9.17. The van der Waals surface area contributed by atoms with Gasteiger partial charge in [0.25, 0.3) is 6.47 Å². The molecule has 0 aromatic heterocycles. The van der Waals surface area contributed by atoms with E-state index in [-0.39, 0.29) is 53.2 Å². The first-order valence-corrected chi connectivity index (χ1v) is 12.0. The normalized spacial score (nSPS) is 19.4. The molecule has 0 spiro atoms. The maximum Gasteiger partial charge on any atom is 0.314 e. The van der Waals surface area contributed by atoms with Gasteiger partial charge in [0.2, 0.25) is 5.75 Å². The molecule has 0 unspecified atom stereocenters. The van der Waals surface area contributed by atoms with Gasteiger partial charge in [0.1, 0.15) is 5.75 Å². The molecule has 0 N–H and O–H groups in total. The summed E-state index contributed by atoms with van der Waals surface area (Å²) in [7, 11) is 0. The number of benzene rings is 1. The Morgan fingerprint density at radius 3 is 1.55 bits per heavy atom. The largest absolute Gasteiger partial charge is 0.426 e. The molecule has 0 heterocycles. The Morgan fingerprint density at radius 2 is 1.06 bits per heavy atom. The Bertz CT molecular complexity index is 890. The van der Waals surface area contributed by atoms with E-state index in [1.165, 1.54) is 12.1 Å². The second kappa shape index (κ2) is 10.8. The smallest absolute Gasteiger partial charge is 0.314 e. The summed E-state index contributed by atoms with van der Waals surface area (Å²) in [6.07, 6.45) is 10.1. The molecule has 4 rings (SSSR count). The topological polar surface area (TPSA) is 105 Å². The lowest BCUT2D eigenvalue weighted by Crippen LogP contribution is -2.22. The number of hydrogen-bond donors (Lipinski definition) is 0. The summed E-state index contributed by atoms with van der Waals surface area (Å²) in [4.78, 5) is 49.2. The molecule has 8 nitrogen and oxygen atoms in total. The molecule has 3 aliphatic carbocycles. The van der Waals surface area contributed by atoms with Gasteiger partial charge in [-0.25, -0.2) is 0 Å². The highest BCUT2D eigenvalue weighted by Crippen LogP contribution is 2.43. The van der Waals surface area contributed by atoms with Gasteiger partial charge in [-0.1, -0.05) is 38.5 Å². The standard InChI is InChI=1S/C25H30O8/c26-15-30-20-13-19(31-23(27)16-7-1-2-8-16)14-21(32-24(28)17-9-3-4-10-17)22(20)33-25(29)18-11-5-6-12-18/h13-18H,1-12H2. The predicted molar refractivity (Wildman–Crippen MR) is 116 cm³/mol. The van der Waals surface area contributed by atoms with E-state index in [0.29, 0.717) is 0 Å². The van der Waals surface area contributed by atoms with Crippen LogP contribution in [-0.4, -0.2) is 24.4 Å². The van der Waals surface area contributed by atoms with Crippen LogP contribution in [0.1, 0.15) is 77.0 Å². The lowest BCUT2D eigenvalue weighted by molar-refractivity contribution is -0.141. The van der Waals surface area contributed by atoms with Crippen molar-refractivity contribution in [3.63, 3.8) is 0 Å². The van der Waals surface area contributed by atoms with E-state index in [2.05, 4.69) is 0 Å². The first-order chi connectivity index (χ1) is 16.0. The Balaban J connectivity index is 1.63. The summed E-state index contributed by atoms with van der Waals surface area (Å²) in [5.74, 6) is -2.29. The molecule has 3 saturated carbocycles. The van der Waals surface area contributed by atoms with Crippen molar-refractivity contribution in [3.05, 3.63) is 12.1 Å². The highest BCUT2D eigenvalue weighted by molar-refractivity contribution is 5.82. The van der Waals surface area contributed by atoms with Crippen LogP contribution in [0.3, 0.4) is 0 Å². The SMILES string of the molecule is O=COc1cc(OC(=O)C2CCCC2)cc(OC(=O)C2CCCC2)c1OC(=O)C1CCCC1. The molecular weight excluding hydrogens is 428 g/mol. The van der Waals surface area contributed by atoms with Crippen LogP contribution in [0, 0.1) is 17.8 Å². The van der Waals surface area contributed by atoms with Crippen LogP contribution >= 0.6 is 0 Å². The highest BCUT2D eigenvalue weighted by atomic mass is 16.6. The summed E-state index contributed by atoms with van der Waals surface area (Å²) < 4.78 is 21.8. The summed E-state index contributed by atoms with van der Waals surface area (Å²) in [6, 6.07) is 2.67. The first kappa shape index (κ1) is 23.3. The molecule has 1 aromatic carbocycles. The van der Waals surface area contributed by atoms with E-state index in [4.69, 9.17) is 18.9 Å². The van der Waals surface area contributed by atoms with Crippen molar-refractivity contribution < 1.29 is 38.1 Å². The maximum atomic E-state index is 12.7. The van der Waals surface area contributed by atoms with E-state index in [0.717, 1.165) is 77.0 Å². The predicted octanol–water partition coefficient (Wildman–Crippen LogP) is 4.51. The number of ether oxygens (including phenoxy) is 4. The van der Waals surface area contributed by atoms with Gasteiger partial charge < -0.3 is 18.9 Å². The zero-order valence-corrected chi connectivity index (χ0v) is 18.7. The van der Waals surface area contributed by atoms with Crippen molar-refractivity contribution in [2.75, 3.05) is 0 Å². The minimum absolute atomic E-state index is 0.0682.